The Balaban J connectivity index is 0.000000659. The largest absolute Gasteiger partial charge is 0.356 e. The van der Waals surface area contributed by atoms with Gasteiger partial charge < -0.3 is 9.79 Å². The minimum absolute atomic E-state index is 0. The van der Waals surface area contributed by atoms with E-state index in [2.05, 4.69) is 32.0 Å². The maximum atomic E-state index is 11.0. The van der Waals surface area contributed by atoms with Gasteiger partial charge in [-0.3, -0.25) is 4.57 Å². The summed E-state index contributed by atoms with van der Waals surface area (Å²) in [4.78, 5) is 18.0. The topological polar surface area (TPSA) is 57.5 Å². The summed E-state index contributed by atoms with van der Waals surface area (Å²) in [6.45, 7) is 4.49. The van der Waals surface area contributed by atoms with Crippen molar-refractivity contribution in [3.05, 3.63) is 65.7 Å². The second kappa shape index (κ2) is 23.1. The van der Waals surface area contributed by atoms with Gasteiger partial charge in [0.2, 0.25) is 0 Å². The fourth-order valence-corrected chi connectivity index (χ4v) is 4.55. The van der Waals surface area contributed by atoms with Crippen LogP contribution in [-0.2, 0) is 17.4 Å². The minimum atomic E-state index is -4.09. The summed E-state index contributed by atoms with van der Waals surface area (Å²) in [5, 5.41) is 0.107. The van der Waals surface area contributed by atoms with Crippen LogP contribution in [0.15, 0.2) is 48.5 Å². The second-order valence-electron chi connectivity index (χ2n) is 9.36. The molecule has 0 aromatic heterocycles. The van der Waals surface area contributed by atoms with Crippen LogP contribution in [0.1, 0.15) is 115 Å². The SMILES string of the molecule is CCCCCCCCCc1cc[c-]cc1.CCCCCCCCCc1ccc(P(=O)(O)O)cc1.[Nd]. The number of aryl methyl sites for hydroxylation is 2. The molecule has 0 saturated heterocycles. The molecule has 2 rings (SSSR count). The predicted molar refractivity (Wildman–Crippen MR) is 147 cm³/mol. The van der Waals surface area contributed by atoms with Crippen molar-refractivity contribution in [1.29, 1.82) is 0 Å². The van der Waals surface area contributed by atoms with E-state index in [1.807, 2.05) is 24.3 Å². The number of hydrogen-bond acceptors (Lipinski definition) is 1. The van der Waals surface area contributed by atoms with Crippen LogP contribution in [0.25, 0.3) is 0 Å². The first-order chi connectivity index (χ1) is 16.5. The van der Waals surface area contributed by atoms with Gasteiger partial charge in [0, 0.05) is 40.8 Å². The summed E-state index contributed by atoms with van der Waals surface area (Å²) >= 11 is 0. The predicted octanol–water partition coefficient (Wildman–Crippen LogP) is 8.56. The molecule has 0 heterocycles. The monoisotopic (exact) mass is 629 g/mol. The second-order valence-corrected chi connectivity index (χ2v) is 11.0. The molecule has 2 aromatic carbocycles. The molecule has 2 N–H and O–H groups in total. The fraction of sp³-hybridized carbons (Fsp3) is 0.600. The molecule has 0 saturated carbocycles. The molecule has 35 heavy (non-hydrogen) atoms. The van der Waals surface area contributed by atoms with Gasteiger partial charge in [0.05, 0.1) is 5.30 Å². The van der Waals surface area contributed by atoms with Gasteiger partial charge in [0.1, 0.15) is 0 Å². The summed E-state index contributed by atoms with van der Waals surface area (Å²) in [6, 6.07) is 18.2. The van der Waals surface area contributed by atoms with Crippen LogP contribution in [0.5, 0.6) is 0 Å². The Kier molecular flexibility index (Phi) is 23.0. The molecule has 0 aliphatic heterocycles. The molecule has 0 fully saturated rings. The van der Waals surface area contributed by atoms with Gasteiger partial charge in [-0.25, -0.2) is 0 Å². The van der Waals surface area contributed by atoms with Crippen LogP contribution in [0.4, 0.5) is 0 Å². The molecule has 0 aliphatic carbocycles. The minimum Gasteiger partial charge on any atom is -0.321 e. The summed E-state index contributed by atoms with van der Waals surface area (Å²) in [5.74, 6) is 0. The Morgan fingerprint density at radius 3 is 1.37 bits per heavy atom. The van der Waals surface area contributed by atoms with E-state index in [9.17, 15) is 4.57 Å². The summed E-state index contributed by atoms with van der Waals surface area (Å²) in [6.07, 6.45) is 21.0. The van der Waals surface area contributed by atoms with Gasteiger partial charge in [-0.1, -0.05) is 116 Å². The number of unbranched alkanes of at least 4 members (excludes halogenated alkanes) is 12. The molecule has 2 aromatic rings. The van der Waals surface area contributed by atoms with Crippen molar-refractivity contribution in [3.8, 4) is 0 Å². The first-order valence-corrected chi connectivity index (χ1v) is 15.2. The summed E-state index contributed by atoms with van der Waals surface area (Å²) in [7, 11) is -4.09. The number of hydrogen-bond donors (Lipinski definition) is 2. The normalized spacial score (nSPS) is 10.9. The molecule has 3 nitrogen and oxygen atoms in total. The van der Waals surface area contributed by atoms with Crippen LogP contribution in [0, 0.1) is 46.9 Å². The van der Waals surface area contributed by atoms with Crippen molar-refractivity contribution >= 4 is 12.9 Å². The number of benzene rings is 2. The Hall–Kier alpha value is -0.0594. The first-order valence-electron chi connectivity index (χ1n) is 13.6. The van der Waals surface area contributed by atoms with Crippen LogP contribution < -0.4 is 5.30 Å². The molecular formula is C30H48NdO3P-. The quantitative estimate of drug-likeness (QED) is 0.105. The molecule has 196 valence electrons. The fourth-order valence-electron chi connectivity index (χ4n) is 4.02. The molecule has 0 aliphatic rings. The molecule has 0 spiro atoms. The molecule has 5 heteroatoms. The van der Waals surface area contributed by atoms with Crippen molar-refractivity contribution in [2.45, 2.75) is 117 Å². The molecular weight excluding hydrogens is 584 g/mol. The van der Waals surface area contributed by atoms with E-state index >= 15 is 0 Å². The van der Waals surface area contributed by atoms with E-state index in [1.54, 1.807) is 0 Å². The van der Waals surface area contributed by atoms with Crippen molar-refractivity contribution < 1.29 is 55.2 Å². The van der Waals surface area contributed by atoms with E-state index < -0.39 is 7.60 Å². The van der Waals surface area contributed by atoms with E-state index in [1.165, 1.54) is 108 Å². The summed E-state index contributed by atoms with van der Waals surface area (Å²) in [5.41, 5.74) is 2.62. The zero-order chi connectivity index (χ0) is 24.9. The third-order valence-corrected chi connectivity index (χ3v) is 7.17. The van der Waals surface area contributed by atoms with Gasteiger partial charge in [-0.15, -0.1) is 0 Å². The van der Waals surface area contributed by atoms with Gasteiger partial charge >= 0.3 is 7.60 Å². The molecule has 0 amide bonds. The maximum absolute atomic E-state index is 11.0. The van der Waals surface area contributed by atoms with E-state index in [-0.39, 0.29) is 46.1 Å². The van der Waals surface area contributed by atoms with Crippen molar-refractivity contribution in [2.24, 2.45) is 0 Å². The Morgan fingerprint density at radius 1 is 0.600 bits per heavy atom. The third kappa shape index (κ3) is 19.7. The molecule has 0 unspecified atom stereocenters. The maximum Gasteiger partial charge on any atom is 0.356 e. The smallest absolute Gasteiger partial charge is 0.321 e. The first kappa shape index (κ1) is 34.9. The Labute approximate surface area is 248 Å². The van der Waals surface area contributed by atoms with E-state index in [4.69, 9.17) is 9.79 Å². The van der Waals surface area contributed by atoms with Crippen LogP contribution >= 0.6 is 7.60 Å². The zero-order valence-electron chi connectivity index (χ0n) is 22.2. The molecule has 0 bridgehead atoms. The van der Waals surface area contributed by atoms with E-state index in [0.717, 1.165) is 18.4 Å². The van der Waals surface area contributed by atoms with Crippen molar-refractivity contribution in [3.63, 3.8) is 0 Å². The Bertz CT molecular complexity index is 759. The summed E-state index contributed by atoms with van der Waals surface area (Å²) < 4.78 is 11.0. The average molecular weight is 632 g/mol. The van der Waals surface area contributed by atoms with Crippen LogP contribution in [0.3, 0.4) is 0 Å². The Morgan fingerprint density at radius 2 is 0.971 bits per heavy atom. The van der Waals surface area contributed by atoms with Gasteiger partial charge in [-0.05, 0) is 30.5 Å². The standard InChI is InChI=1S/C15H25O3P.C15H23.Nd/c1-2-3-4-5-6-7-8-9-14-10-12-15(13-11-14)19(16,17)18;1-2-3-4-5-6-7-9-12-15-13-10-8-11-14-15;/h10-13H,2-9H2,1H3,(H2,16,17,18);10-11,13-14H,2-7,9,12H2,1H3;/q;-1;. The van der Waals surface area contributed by atoms with Gasteiger partial charge in [0.25, 0.3) is 0 Å². The van der Waals surface area contributed by atoms with Crippen molar-refractivity contribution in [2.75, 3.05) is 0 Å². The molecule has 0 atom stereocenters. The van der Waals surface area contributed by atoms with Crippen LogP contribution in [0.2, 0.25) is 0 Å². The average Bonchev–Trinajstić information content (AvgIpc) is 2.84. The molecule has 0 radical (unpaired) electrons. The third-order valence-electron chi connectivity index (χ3n) is 6.20. The zero-order valence-corrected chi connectivity index (χ0v) is 26.3. The van der Waals surface area contributed by atoms with Gasteiger partial charge in [0.15, 0.2) is 0 Å². The van der Waals surface area contributed by atoms with E-state index in [0.29, 0.717) is 0 Å². The van der Waals surface area contributed by atoms with Crippen molar-refractivity contribution in [1.82, 2.24) is 0 Å². The number of rotatable bonds is 17. The van der Waals surface area contributed by atoms with Crippen LogP contribution in [-0.4, -0.2) is 9.79 Å². The van der Waals surface area contributed by atoms with Gasteiger partial charge in [-0.2, -0.15) is 35.9 Å².